The van der Waals surface area contributed by atoms with Gasteiger partial charge in [-0.1, -0.05) is 0 Å². The summed E-state index contributed by atoms with van der Waals surface area (Å²) in [5.74, 6) is -1.58. The fraction of sp³-hybridized carbons (Fsp3) is 0. The second-order valence-corrected chi connectivity index (χ2v) is 3.72. The molecule has 3 rings (SSSR count). The van der Waals surface area contributed by atoms with Gasteiger partial charge in [-0.15, -0.1) is 0 Å². The first-order chi connectivity index (χ1) is 8.58. The second kappa shape index (κ2) is 3.36. The summed E-state index contributed by atoms with van der Waals surface area (Å²) < 4.78 is 9.94. The van der Waals surface area contributed by atoms with Gasteiger partial charge in [-0.2, -0.15) is 0 Å². The van der Waals surface area contributed by atoms with Crippen LogP contribution in [0.25, 0.3) is 21.9 Å². The minimum Gasteiger partial charge on any atom is -0.506 e. The summed E-state index contributed by atoms with van der Waals surface area (Å²) in [6.45, 7) is 0. The van der Waals surface area contributed by atoms with E-state index in [1.807, 2.05) is 0 Å². The van der Waals surface area contributed by atoms with Crippen molar-refractivity contribution >= 4 is 27.9 Å². The molecule has 0 aliphatic carbocycles. The molecule has 0 saturated heterocycles. The topological polar surface area (TPSA) is 101 Å². The zero-order chi connectivity index (χ0) is 12.9. The van der Waals surface area contributed by atoms with E-state index in [4.69, 9.17) is 13.9 Å². The van der Waals surface area contributed by atoms with Crippen molar-refractivity contribution in [2.45, 2.75) is 0 Å². The number of furan rings is 1. The molecular weight excluding hydrogens is 240 g/mol. The van der Waals surface area contributed by atoms with Crippen molar-refractivity contribution in [2.24, 2.45) is 0 Å². The molecule has 0 bridgehead atoms. The van der Waals surface area contributed by atoms with Gasteiger partial charge in [0, 0.05) is 6.07 Å². The van der Waals surface area contributed by atoms with Crippen molar-refractivity contribution in [2.75, 3.05) is 0 Å². The lowest BCUT2D eigenvalue weighted by Gasteiger charge is -2.02. The summed E-state index contributed by atoms with van der Waals surface area (Å²) in [5, 5.41) is 19.4. The Morgan fingerprint density at radius 3 is 2.67 bits per heavy atom. The van der Waals surface area contributed by atoms with Gasteiger partial charge in [0.15, 0.2) is 0 Å². The highest BCUT2D eigenvalue weighted by Gasteiger charge is 2.16. The maximum Gasteiger partial charge on any atom is 0.351 e. The fourth-order valence-corrected chi connectivity index (χ4v) is 1.82. The number of rotatable bonds is 1. The Labute approximate surface area is 98.7 Å². The van der Waals surface area contributed by atoms with Crippen molar-refractivity contribution in [3.8, 4) is 5.75 Å². The maximum absolute atomic E-state index is 11.4. The van der Waals surface area contributed by atoms with Gasteiger partial charge >= 0.3 is 11.6 Å². The Morgan fingerprint density at radius 2 is 1.94 bits per heavy atom. The van der Waals surface area contributed by atoms with Gasteiger partial charge in [0.2, 0.25) is 0 Å². The molecule has 0 unspecified atom stereocenters. The second-order valence-electron chi connectivity index (χ2n) is 3.72. The zero-order valence-electron chi connectivity index (χ0n) is 8.84. The van der Waals surface area contributed by atoms with Gasteiger partial charge < -0.3 is 19.0 Å². The number of phenols is 1. The Bertz CT molecular complexity index is 839. The average molecular weight is 246 g/mol. The van der Waals surface area contributed by atoms with Crippen LogP contribution in [0, 0.1) is 0 Å². The molecule has 0 atom stereocenters. The number of hydrogen-bond acceptors (Lipinski definition) is 5. The highest BCUT2D eigenvalue weighted by molar-refractivity contribution is 6.02. The molecule has 0 radical (unpaired) electrons. The van der Waals surface area contributed by atoms with Crippen LogP contribution in [0.3, 0.4) is 0 Å². The molecule has 3 aromatic rings. The lowest BCUT2D eigenvalue weighted by Crippen LogP contribution is -2.12. The zero-order valence-corrected chi connectivity index (χ0v) is 8.84. The number of aromatic hydroxyl groups is 1. The molecule has 6 nitrogen and oxygen atoms in total. The standard InChI is InChI=1S/C12H6O6/c13-10-5-1-2-17-8(5)4-9-6(10)3-7(11(14)15)12(16)18-9/h1-4,13H,(H,14,15). The molecule has 0 saturated carbocycles. The lowest BCUT2D eigenvalue weighted by molar-refractivity contribution is 0.0692. The first-order valence-corrected chi connectivity index (χ1v) is 4.98. The van der Waals surface area contributed by atoms with Gasteiger partial charge in [-0.3, -0.25) is 0 Å². The third-order valence-electron chi connectivity index (χ3n) is 2.67. The van der Waals surface area contributed by atoms with Crippen LogP contribution in [0.1, 0.15) is 10.4 Å². The van der Waals surface area contributed by atoms with E-state index in [-0.39, 0.29) is 16.7 Å². The normalized spacial score (nSPS) is 11.1. The average Bonchev–Trinajstić information content (AvgIpc) is 2.76. The van der Waals surface area contributed by atoms with E-state index in [2.05, 4.69) is 0 Å². The van der Waals surface area contributed by atoms with Gasteiger partial charge in [0.05, 0.1) is 17.0 Å². The Hall–Kier alpha value is -2.76. The van der Waals surface area contributed by atoms with E-state index in [0.717, 1.165) is 6.07 Å². The first-order valence-electron chi connectivity index (χ1n) is 4.98. The molecular formula is C12H6O6. The molecule has 2 heterocycles. The fourth-order valence-electron chi connectivity index (χ4n) is 1.82. The smallest absolute Gasteiger partial charge is 0.351 e. The van der Waals surface area contributed by atoms with Crippen molar-refractivity contribution in [3.05, 3.63) is 40.4 Å². The minimum atomic E-state index is -1.41. The van der Waals surface area contributed by atoms with Crippen molar-refractivity contribution in [3.63, 3.8) is 0 Å². The molecule has 0 amide bonds. The molecule has 2 aromatic heterocycles. The summed E-state index contributed by atoms with van der Waals surface area (Å²) >= 11 is 0. The summed E-state index contributed by atoms with van der Waals surface area (Å²) in [6.07, 6.45) is 1.37. The number of carboxylic acids is 1. The van der Waals surface area contributed by atoms with Crippen LogP contribution in [0.4, 0.5) is 0 Å². The molecule has 6 heteroatoms. The van der Waals surface area contributed by atoms with Crippen LogP contribution in [0.2, 0.25) is 0 Å². The molecule has 0 aliphatic heterocycles. The Balaban J connectivity index is 2.53. The van der Waals surface area contributed by atoms with Crippen molar-refractivity contribution in [1.29, 1.82) is 0 Å². The van der Waals surface area contributed by atoms with E-state index in [1.165, 1.54) is 18.4 Å². The quantitative estimate of drug-likeness (QED) is 0.636. The van der Waals surface area contributed by atoms with Gasteiger partial charge in [0.25, 0.3) is 0 Å². The number of phenolic OH excluding ortho intramolecular Hbond substituents is 1. The van der Waals surface area contributed by atoms with Crippen LogP contribution < -0.4 is 5.63 Å². The van der Waals surface area contributed by atoms with Gasteiger partial charge in [-0.05, 0) is 12.1 Å². The first kappa shape index (κ1) is 10.4. The summed E-state index contributed by atoms with van der Waals surface area (Å²) in [5.41, 5.74) is -1.07. The van der Waals surface area contributed by atoms with E-state index >= 15 is 0 Å². The third kappa shape index (κ3) is 1.29. The highest BCUT2D eigenvalue weighted by atomic mass is 16.4. The lowest BCUT2D eigenvalue weighted by atomic mass is 10.1. The van der Waals surface area contributed by atoms with E-state index < -0.39 is 17.2 Å². The van der Waals surface area contributed by atoms with Crippen molar-refractivity contribution in [1.82, 2.24) is 0 Å². The number of carbonyl (C=O) groups is 1. The van der Waals surface area contributed by atoms with E-state index in [1.54, 1.807) is 0 Å². The van der Waals surface area contributed by atoms with Crippen LogP contribution in [0.5, 0.6) is 5.75 Å². The Morgan fingerprint density at radius 1 is 1.17 bits per heavy atom. The highest BCUT2D eigenvalue weighted by Crippen LogP contribution is 2.34. The molecule has 0 fully saturated rings. The van der Waals surface area contributed by atoms with Crippen LogP contribution in [-0.4, -0.2) is 16.2 Å². The molecule has 0 aliphatic rings. The largest absolute Gasteiger partial charge is 0.506 e. The summed E-state index contributed by atoms with van der Waals surface area (Å²) in [6, 6.07) is 4.05. The molecule has 0 spiro atoms. The SMILES string of the molecule is O=C(O)c1cc2c(O)c3ccoc3cc2oc1=O. The van der Waals surface area contributed by atoms with Crippen LogP contribution in [-0.2, 0) is 0 Å². The molecule has 2 N–H and O–H groups in total. The van der Waals surface area contributed by atoms with Gasteiger partial charge in [-0.25, -0.2) is 9.59 Å². The van der Waals surface area contributed by atoms with E-state index in [0.29, 0.717) is 11.0 Å². The molecule has 90 valence electrons. The van der Waals surface area contributed by atoms with Crippen LogP contribution >= 0.6 is 0 Å². The predicted molar refractivity (Wildman–Crippen MR) is 60.9 cm³/mol. The Kier molecular flexibility index (Phi) is 1.94. The summed E-state index contributed by atoms with van der Waals surface area (Å²) in [4.78, 5) is 22.2. The minimum absolute atomic E-state index is 0.0740. The predicted octanol–water partition coefficient (Wildman–Crippen LogP) is 1.94. The number of hydrogen-bond donors (Lipinski definition) is 2. The maximum atomic E-state index is 11.4. The van der Waals surface area contributed by atoms with Crippen LogP contribution in [0.15, 0.2) is 38.1 Å². The number of carboxylic acid groups (broad SMARTS) is 1. The molecule has 1 aromatic carbocycles. The number of fused-ring (bicyclic) bond motifs is 2. The molecule has 18 heavy (non-hydrogen) atoms. The number of benzene rings is 1. The monoisotopic (exact) mass is 246 g/mol. The third-order valence-corrected chi connectivity index (χ3v) is 2.67. The number of aromatic carboxylic acids is 1. The van der Waals surface area contributed by atoms with Gasteiger partial charge in [0.1, 0.15) is 22.5 Å². The summed E-state index contributed by atoms with van der Waals surface area (Å²) in [7, 11) is 0. The van der Waals surface area contributed by atoms with E-state index in [9.17, 15) is 14.7 Å². The van der Waals surface area contributed by atoms with Crippen molar-refractivity contribution < 1.29 is 23.8 Å².